The predicted molar refractivity (Wildman–Crippen MR) is 90.5 cm³/mol. The van der Waals surface area contributed by atoms with Gasteiger partial charge >= 0.3 is 0 Å². The summed E-state index contributed by atoms with van der Waals surface area (Å²) in [4.78, 5) is 10.9. The number of hydrogen-bond donors (Lipinski definition) is 0. The van der Waals surface area contributed by atoms with Crippen LogP contribution in [-0.2, 0) is 4.79 Å². The van der Waals surface area contributed by atoms with Crippen molar-refractivity contribution < 1.29 is 9.21 Å². The van der Waals surface area contributed by atoms with E-state index in [1.165, 1.54) is 11.8 Å². The summed E-state index contributed by atoms with van der Waals surface area (Å²) in [5, 5.41) is 2.46. The molecule has 0 spiro atoms. The Hall–Kier alpha value is -2.00. The summed E-state index contributed by atoms with van der Waals surface area (Å²) in [5.74, 6) is 0.821. The fourth-order valence-electron chi connectivity index (χ4n) is 2.38. The molecular weight excluding hydrogens is 280 g/mol. The van der Waals surface area contributed by atoms with E-state index in [0.717, 1.165) is 39.7 Å². The highest BCUT2D eigenvalue weighted by atomic mass is 32.2. The van der Waals surface area contributed by atoms with E-state index in [1.54, 1.807) is 6.92 Å². The number of thioether (sulfide) groups is 1. The Balaban J connectivity index is 1.88. The van der Waals surface area contributed by atoms with Crippen molar-refractivity contribution in [1.29, 1.82) is 0 Å². The van der Waals surface area contributed by atoms with Gasteiger partial charge in [-0.15, -0.1) is 0 Å². The molecule has 0 saturated carbocycles. The summed E-state index contributed by atoms with van der Waals surface area (Å²) in [6.45, 7) is 1.60. The lowest BCUT2D eigenvalue weighted by atomic mass is 10.1. The zero-order valence-corrected chi connectivity index (χ0v) is 12.7. The summed E-state index contributed by atoms with van der Waals surface area (Å²) < 4.78 is 5.97. The molecule has 0 N–H and O–H groups in total. The minimum Gasteiger partial charge on any atom is -0.455 e. The van der Waals surface area contributed by atoms with Crippen molar-refractivity contribution in [1.82, 2.24) is 0 Å². The van der Waals surface area contributed by atoms with Crippen molar-refractivity contribution in [2.45, 2.75) is 13.3 Å². The second-order valence-electron chi connectivity index (χ2n) is 4.85. The zero-order chi connectivity index (χ0) is 14.7. The largest absolute Gasteiger partial charge is 0.455 e. The Morgan fingerprint density at radius 2 is 1.95 bits per heavy atom. The van der Waals surface area contributed by atoms with Crippen molar-refractivity contribution in [2.24, 2.45) is 0 Å². The second-order valence-corrected chi connectivity index (χ2v) is 6.13. The van der Waals surface area contributed by atoms with Gasteiger partial charge < -0.3 is 4.42 Å². The fraction of sp³-hybridized carbons (Fsp3) is 0.167. The van der Waals surface area contributed by atoms with Crippen LogP contribution in [0.15, 0.2) is 53.0 Å². The standard InChI is InChI=1S/C18H16O2S/c1-13(19)21-12-5-4-7-14-8-6-10-16-15-9-2-3-11-17(15)20-18(14)16/h2-4,6-11H,5,12H2,1H3. The van der Waals surface area contributed by atoms with Gasteiger partial charge in [-0.1, -0.05) is 60.3 Å². The van der Waals surface area contributed by atoms with Crippen LogP contribution in [0.4, 0.5) is 0 Å². The van der Waals surface area contributed by atoms with Gasteiger partial charge in [-0.25, -0.2) is 0 Å². The quantitative estimate of drug-likeness (QED) is 0.614. The Kier molecular flexibility index (Phi) is 4.11. The number of allylic oxidation sites excluding steroid dienone is 1. The molecule has 0 bridgehead atoms. The maximum absolute atomic E-state index is 10.9. The topological polar surface area (TPSA) is 30.2 Å². The number of carbonyl (C=O) groups is 1. The minimum atomic E-state index is 0.169. The van der Waals surface area contributed by atoms with Gasteiger partial charge in [0.05, 0.1) is 0 Å². The molecule has 0 amide bonds. The van der Waals surface area contributed by atoms with E-state index >= 15 is 0 Å². The number of carbonyl (C=O) groups excluding carboxylic acids is 1. The smallest absolute Gasteiger partial charge is 0.185 e. The third-order valence-corrected chi connectivity index (χ3v) is 4.17. The molecule has 1 aromatic heterocycles. The Labute approximate surface area is 127 Å². The lowest BCUT2D eigenvalue weighted by Gasteiger charge is -1.96. The molecule has 3 rings (SSSR count). The van der Waals surface area contributed by atoms with Crippen LogP contribution in [0.5, 0.6) is 0 Å². The molecule has 0 aliphatic carbocycles. The van der Waals surface area contributed by atoms with E-state index in [1.807, 2.05) is 24.3 Å². The van der Waals surface area contributed by atoms with Crippen molar-refractivity contribution in [3.8, 4) is 0 Å². The van der Waals surface area contributed by atoms with E-state index in [4.69, 9.17) is 4.42 Å². The van der Waals surface area contributed by atoms with Gasteiger partial charge in [0, 0.05) is 29.0 Å². The van der Waals surface area contributed by atoms with Gasteiger partial charge in [0.2, 0.25) is 0 Å². The molecule has 2 nitrogen and oxygen atoms in total. The normalized spacial score (nSPS) is 11.7. The molecule has 2 aromatic carbocycles. The molecule has 0 fully saturated rings. The summed E-state index contributed by atoms with van der Waals surface area (Å²) in [6.07, 6.45) is 5.05. The van der Waals surface area contributed by atoms with Crippen molar-refractivity contribution >= 4 is 44.9 Å². The molecule has 0 aliphatic heterocycles. The van der Waals surface area contributed by atoms with Crippen LogP contribution in [0, 0.1) is 0 Å². The SMILES string of the molecule is CC(=O)SCCC=Cc1cccc2c1oc1ccccc12. The first-order valence-corrected chi connectivity index (χ1v) is 7.94. The highest BCUT2D eigenvalue weighted by Crippen LogP contribution is 2.31. The molecule has 0 radical (unpaired) electrons. The summed E-state index contributed by atoms with van der Waals surface area (Å²) in [6, 6.07) is 14.3. The third kappa shape index (κ3) is 3.03. The van der Waals surface area contributed by atoms with Crippen molar-refractivity contribution in [3.63, 3.8) is 0 Å². The Morgan fingerprint density at radius 1 is 1.14 bits per heavy atom. The van der Waals surface area contributed by atoms with Crippen LogP contribution < -0.4 is 0 Å². The average molecular weight is 296 g/mol. The molecule has 1 heterocycles. The molecule has 0 saturated heterocycles. The predicted octanol–water partition coefficient (Wildman–Crippen LogP) is 5.27. The molecule has 0 atom stereocenters. The number of furan rings is 1. The first-order chi connectivity index (χ1) is 10.3. The van der Waals surface area contributed by atoms with Crippen LogP contribution in [0.3, 0.4) is 0 Å². The number of hydrogen-bond acceptors (Lipinski definition) is 3. The van der Waals surface area contributed by atoms with Crippen LogP contribution in [0.1, 0.15) is 18.9 Å². The van der Waals surface area contributed by atoms with E-state index in [-0.39, 0.29) is 5.12 Å². The van der Waals surface area contributed by atoms with Crippen molar-refractivity contribution in [2.75, 3.05) is 5.75 Å². The van der Waals surface area contributed by atoms with E-state index < -0.39 is 0 Å². The van der Waals surface area contributed by atoms with Crippen LogP contribution in [0.25, 0.3) is 28.0 Å². The molecular formula is C18H16O2S. The maximum atomic E-state index is 10.9. The lowest BCUT2D eigenvalue weighted by Crippen LogP contribution is -1.83. The first kappa shape index (κ1) is 14.0. The van der Waals surface area contributed by atoms with Crippen LogP contribution >= 0.6 is 11.8 Å². The Morgan fingerprint density at radius 3 is 2.81 bits per heavy atom. The number of fused-ring (bicyclic) bond motifs is 3. The highest BCUT2D eigenvalue weighted by Gasteiger charge is 2.07. The average Bonchev–Trinajstić information content (AvgIpc) is 2.86. The molecule has 106 valence electrons. The monoisotopic (exact) mass is 296 g/mol. The molecule has 0 aliphatic rings. The molecule has 3 heteroatoms. The number of para-hydroxylation sites is 2. The van der Waals surface area contributed by atoms with Gasteiger partial charge in [0.1, 0.15) is 11.2 Å². The van der Waals surface area contributed by atoms with Gasteiger partial charge in [-0.3, -0.25) is 4.79 Å². The first-order valence-electron chi connectivity index (χ1n) is 6.96. The van der Waals surface area contributed by atoms with E-state index in [9.17, 15) is 4.79 Å². The fourth-order valence-corrected chi connectivity index (χ4v) is 2.92. The maximum Gasteiger partial charge on any atom is 0.185 e. The number of benzene rings is 2. The Bertz CT molecular complexity index is 814. The second kappa shape index (κ2) is 6.19. The lowest BCUT2D eigenvalue weighted by molar-refractivity contribution is -0.109. The summed E-state index contributed by atoms with van der Waals surface area (Å²) >= 11 is 1.36. The third-order valence-electron chi connectivity index (χ3n) is 3.32. The molecule has 0 unspecified atom stereocenters. The van der Waals surface area contributed by atoms with Gasteiger partial charge in [0.25, 0.3) is 0 Å². The molecule has 21 heavy (non-hydrogen) atoms. The molecule has 3 aromatic rings. The van der Waals surface area contributed by atoms with E-state index in [0.29, 0.717) is 0 Å². The highest BCUT2D eigenvalue weighted by molar-refractivity contribution is 8.13. The van der Waals surface area contributed by atoms with Gasteiger partial charge in [-0.2, -0.15) is 0 Å². The van der Waals surface area contributed by atoms with Crippen LogP contribution in [0.2, 0.25) is 0 Å². The van der Waals surface area contributed by atoms with Gasteiger partial charge in [0.15, 0.2) is 5.12 Å². The summed E-state index contributed by atoms with van der Waals surface area (Å²) in [5.41, 5.74) is 2.92. The van der Waals surface area contributed by atoms with Crippen molar-refractivity contribution in [3.05, 3.63) is 54.1 Å². The van der Waals surface area contributed by atoms with Gasteiger partial charge in [-0.05, 0) is 12.5 Å². The zero-order valence-electron chi connectivity index (χ0n) is 11.8. The summed E-state index contributed by atoms with van der Waals surface area (Å²) in [7, 11) is 0. The van der Waals surface area contributed by atoms with E-state index in [2.05, 4.69) is 30.4 Å². The van der Waals surface area contributed by atoms with Crippen LogP contribution in [-0.4, -0.2) is 10.9 Å². The number of rotatable bonds is 4. The minimum absolute atomic E-state index is 0.169.